The Hall–Kier alpha value is -2.66. The number of rotatable bonds is 7. The van der Waals surface area contributed by atoms with Crippen LogP contribution in [0.5, 0.6) is 5.75 Å². The van der Waals surface area contributed by atoms with Crippen LogP contribution in [0.1, 0.15) is 48.4 Å². The SMILES string of the molecule is COc1ccc(C(C)=O)cc1CC(=O)Nc1ccccc1[C@H](O)C(C)C. The first kappa shape index (κ1) is 19.7. The Bertz CT molecular complexity index is 798. The minimum atomic E-state index is -0.665. The van der Waals surface area contributed by atoms with Gasteiger partial charge in [-0.25, -0.2) is 0 Å². The summed E-state index contributed by atoms with van der Waals surface area (Å²) in [5.74, 6) is 0.271. The average Bonchev–Trinajstić information content (AvgIpc) is 2.61. The summed E-state index contributed by atoms with van der Waals surface area (Å²) in [6.45, 7) is 5.32. The molecule has 2 rings (SSSR count). The lowest BCUT2D eigenvalue weighted by molar-refractivity contribution is -0.115. The number of hydrogen-bond acceptors (Lipinski definition) is 4. The van der Waals surface area contributed by atoms with Gasteiger partial charge in [-0.2, -0.15) is 0 Å². The van der Waals surface area contributed by atoms with Crippen molar-refractivity contribution in [3.05, 3.63) is 59.2 Å². The van der Waals surface area contributed by atoms with Crippen molar-refractivity contribution in [3.63, 3.8) is 0 Å². The van der Waals surface area contributed by atoms with Crippen molar-refractivity contribution in [1.29, 1.82) is 0 Å². The van der Waals surface area contributed by atoms with Gasteiger partial charge in [0, 0.05) is 22.4 Å². The molecule has 0 aliphatic rings. The van der Waals surface area contributed by atoms with Gasteiger partial charge in [-0.05, 0) is 37.1 Å². The lowest BCUT2D eigenvalue weighted by Gasteiger charge is -2.19. The maximum Gasteiger partial charge on any atom is 0.228 e. The van der Waals surface area contributed by atoms with Crippen molar-refractivity contribution in [2.24, 2.45) is 5.92 Å². The number of amides is 1. The third kappa shape index (κ3) is 4.70. The first-order valence-electron chi connectivity index (χ1n) is 8.58. The van der Waals surface area contributed by atoms with Crippen molar-refractivity contribution in [2.75, 3.05) is 12.4 Å². The summed E-state index contributed by atoms with van der Waals surface area (Å²) < 4.78 is 5.29. The number of hydrogen-bond donors (Lipinski definition) is 2. The van der Waals surface area contributed by atoms with E-state index in [-0.39, 0.29) is 24.0 Å². The topological polar surface area (TPSA) is 75.6 Å². The van der Waals surface area contributed by atoms with E-state index in [1.54, 1.807) is 30.3 Å². The average molecular weight is 355 g/mol. The van der Waals surface area contributed by atoms with E-state index in [0.29, 0.717) is 28.1 Å². The Kier molecular flexibility index (Phi) is 6.52. The van der Waals surface area contributed by atoms with Crippen LogP contribution in [0.3, 0.4) is 0 Å². The van der Waals surface area contributed by atoms with Crippen LogP contribution in [0.4, 0.5) is 5.69 Å². The highest BCUT2D eigenvalue weighted by atomic mass is 16.5. The van der Waals surface area contributed by atoms with E-state index in [1.807, 2.05) is 26.0 Å². The zero-order chi connectivity index (χ0) is 19.3. The minimum absolute atomic E-state index is 0.0281. The molecule has 1 amide bonds. The smallest absolute Gasteiger partial charge is 0.228 e. The Balaban J connectivity index is 2.22. The fourth-order valence-electron chi connectivity index (χ4n) is 2.73. The first-order chi connectivity index (χ1) is 12.3. The molecule has 0 aromatic heterocycles. The number of ether oxygens (including phenoxy) is 1. The second kappa shape index (κ2) is 8.63. The number of carbonyl (C=O) groups excluding carboxylic acids is 2. The number of anilines is 1. The maximum absolute atomic E-state index is 12.5. The van der Waals surface area contributed by atoms with E-state index in [4.69, 9.17) is 4.74 Å². The molecule has 0 unspecified atom stereocenters. The van der Waals surface area contributed by atoms with Crippen LogP contribution in [-0.2, 0) is 11.2 Å². The number of para-hydroxylation sites is 1. The molecule has 0 aliphatic heterocycles. The minimum Gasteiger partial charge on any atom is -0.496 e. The molecule has 1 atom stereocenters. The number of aliphatic hydroxyl groups excluding tert-OH is 1. The number of carbonyl (C=O) groups is 2. The van der Waals surface area contributed by atoms with Crippen LogP contribution in [0.25, 0.3) is 0 Å². The van der Waals surface area contributed by atoms with Gasteiger partial charge in [0.05, 0.1) is 19.6 Å². The Morgan fingerprint density at radius 3 is 2.46 bits per heavy atom. The van der Waals surface area contributed by atoms with E-state index in [1.165, 1.54) is 14.0 Å². The molecule has 5 heteroatoms. The quantitative estimate of drug-likeness (QED) is 0.742. The molecule has 0 heterocycles. The molecule has 0 bridgehead atoms. The second-order valence-electron chi connectivity index (χ2n) is 6.58. The number of aliphatic hydroxyl groups is 1. The number of ketones is 1. The predicted octanol–water partition coefficient (Wildman–Crippen LogP) is 3.77. The largest absolute Gasteiger partial charge is 0.496 e. The van der Waals surface area contributed by atoms with Gasteiger partial charge in [-0.3, -0.25) is 9.59 Å². The zero-order valence-electron chi connectivity index (χ0n) is 15.6. The van der Waals surface area contributed by atoms with Crippen LogP contribution in [0.15, 0.2) is 42.5 Å². The van der Waals surface area contributed by atoms with E-state index >= 15 is 0 Å². The van der Waals surface area contributed by atoms with Gasteiger partial charge in [0.1, 0.15) is 5.75 Å². The Morgan fingerprint density at radius 2 is 1.85 bits per heavy atom. The van der Waals surface area contributed by atoms with Gasteiger partial charge in [0.2, 0.25) is 5.91 Å². The monoisotopic (exact) mass is 355 g/mol. The molecule has 138 valence electrons. The summed E-state index contributed by atoms with van der Waals surface area (Å²) >= 11 is 0. The summed E-state index contributed by atoms with van der Waals surface area (Å²) in [5.41, 5.74) is 2.43. The zero-order valence-corrected chi connectivity index (χ0v) is 15.6. The third-order valence-electron chi connectivity index (χ3n) is 4.22. The highest BCUT2D eigenvalue weighted by Crippen LogP contribution is 2.28. The van der Waals surface area contributed by atoms with Gasteiger partial charge in [0.25, 0.3) is 0 Å². The van der Waals surface area contributed by atoms with E-state index in [0.717, 1.165) is 0 Å². The molecule has 2 N–H and O–H groups in total. The van der Waals surface area contributed by atoms with Gasteiger partial charge in [-0.1, -0.05) is 32.0 Å². The molecule has 0 fully saturated rings. The van der Waals surface area contributed by atoms with Gasteiger partial charge < -0.3 is 15.2 Å². The van der Waals surface area contributed by atoms with Crippen LogP contribution in [-0.4, -0.2) is 23.9 Å². The van der Waals surface area contributed by atoms with Crippen LogP contribution in [0.2, 0.25) is 0 Å². The lowest BCUT2D eigenvalue weighted by atomic mass is 9.97. The van der Waals surface area contributed by atoms with E-state index < -0.39 is 6.10 Å². The Labute approximate surface area is 154 Å². The van der Waals surface area contributed by atoms with Gasteiger partial charge >= 0.3 is 0 Å². The van der Waals surface area contributed by atoms with Crippen LogP contribution >= 0.6 is 0 Å². The standard InChI is InChI=1S/C21H25NO4/c1-13(2)21(25)17-7-5-6-8-18(17)22-20(24)12-16-11-15(14(3)23)9-10-19(16)26-4/h5-11,13,21,25H,12H2,1-4H3,(H,22,24)/t21-/m1/s1. The van der Waals surface area contributed by atoms with Crippen molar-refractivity contribution >= 4 is 17.4 Å². The molecule has 2 aromatic carbocycles. The molecule has 0 spiro atoms. The van der Waals surface area contributed by atoms with E-state index in [2.05, 4.69) is 5.32 Å². The van der Waals surface area contributed by atoms with Crippen molar-refractivity contribution < 1.29 is 19.4 Å². The summed E-state index contributed by atoms with van der Waals surface area (Å²) in [7, 11) is 1.53. The first-order valence-corrected chi connectivity index (χ1v) is 8.58. The molecule has 0 saturated carbocycles. The number of benzene rings is 2. The molecular formula is C21H25NO4. The van der Waals surface area contributed by atoms with Crippen molar-refractivity contribution in [1.82, 2.24) is 0 Å². The Morgan fingerprint density at radius 1 is 1.15 bits per heavy atom. The second-order valence-corrected chi connectivity index (χ2v) is 6.58. The highest BCUT2D eigenvalue weighted by Gasteiger charge is 2.18. The van der Waals surface area contributed by atoms with Crippen LogP contribution in [0, 0.1) is 5.92 Å². The van der Waals surface area contributed by atoms with Crippen LogP contribution < -0.4 is 10.1 Å². The maximum atomic E-state index is 12.5. The molecule has 0 saturated heterocycles. The highest BCUT2D eigenvalue weighted by molar-refractivity contribution is 5.96. The molecule has 2 aromatic rings. The molecule has 0 aliphatic carbocycles. The molecule has 0 radical (unpaired) electrons. The summed E-state index contributed by atoms with van der Waals surface area (Å²) in [5, 5.41) is 13.2. The lowest BCUT2D eigenvalue weighted by Crippen LogP contribution is -2.18. The van der Waals surface area contributed by atoms with Gasteiger partial charge in [-0.15, -0.1) is 0 Å². The number of methoxy groups -OCH3 is 1. The molecule has 5 nitrogen and oxygen atoms in total. The molecular weight excluding hydrogens is 330 g/mol. The fraction of sp³-hybridized carbons (Fsp3) is 0.333. The van der Waals surface area contributed by atoms with E-state index in [9.17, 15) is 14.7 Å². The molecule has 26 heavy (non-hydrogen) atoms. The van der Waals surface area contributed by atoms with Crippen molar-refractivity contribution in [2.45, 2.75) is 33.3 Å². The fourth-order valence-corrected chi connectivity index (χ4v) is 2.73. The summed E-state index contributed by atoms with van der Waals surface area (Å²) in [4.78, 5) is 24.1. The number of nitrogens with one attached hydrogen (secondary N) is 1. The van der Waals surface area contributed by atoms with Crippen molar-refractivity contribution in [3.8, 4) is 5.75 Å². The van der Waals surface area contributed by atoms with Gasteiger partial charge in [0.15, 0.2) is 5.78 Å². The summed E-state index contributed by atoms with van der Waals surface area (Å²) in [6.07, 6.45) is -0.599. The third-order valence-corrected chi connectivity index (χ3v) is 4.22. The summed E-state index contributed by atoms with van der Waals surface area (Å²) in [6, 6.07) is 12.3. The predicted molar refractivity (Wildman–Crippen MR) is 102 cm³/mol. The normalized spacial score (nSPS) is 11.9. The number of Topliss-reactive ketones (excluding diaryl/α,β-unsaturated/α-hetero) is 1.